The molecule has 49 heavy (non-hydrogen) atoms. The van der Waals surface area contributed by atoms with E-state index in [4.69, 9.17) is 24.3 Å². The molecule has 7 atom stereocenters. The molecule has 1 aliphatic heterocycles. The van der Waals surface area contributed by atoms with Gasteiger partial charge in [0.2, 0.25) is 5.95 Å². The van der Waals surface area contributed by atoms with Crippen molar-refractivity contribution in [1.29, 1.82) is 0 Å². The number of fused-ring (bicyclic) bond motifs is 2. The molecule has 0 saturated carbocycles. The Morgan fingerprint density at radius 2 is 1.84 bits per heavy atom. The summed E-state index contributed by atoms with van der Waals surface area (Å²) in [6.45, 7) is 4.09. The van der Waals surface area contributed by atoms with E-state index in [1.54, 1.807) is 25.1 Å². The second-order valence-corrected chi connectivity index (χ2v) is 14.3. The summed E-state index contributed by atoms with van der Waals surface area (Å²) in [4.78, 5) is 26.0. The van der Waals surface area contributed by atoms with Crippen LogP contribution in [0.3, 0.4) is 0 Å². The number of nitrogens with zero attached hydrogens (tertiary/aromatic N) is 4. The summed E-state index contributed by atoms with van der Waals surface area (Å²) in [6, 6.07) is 20.6. The molecule has 258 valence electrons. The Hall–Kier alpha value is -4.08. The zero-order chi connectivity index (χ0) is 34.9. The van der Waals surface area contributed by atoms with E-state index in [-0.39, 0.29) is 11.7 Å². The van der Waals surface area contributed by atoms with Gasteiger partial charge in [-0.25, -0.2) is 14.5 Å². The van der Waals surface area contributed by atoms with Crippen molar-refractivity contribution < 1.29 is 38.1 Å². The first-order valence-electron chi connectivity index (χ1n) is 15.5. The third-order valence-corrected chi connectivity index (χ3v) is 10.6. The van der Waals surface area contributed by atoms with Crippen molar-refractivity contribution >= 4 is 53.4 Å². The molecule has 2 unspecified atom stereocenters. The van der Waals surface area contributed by atoms with Crippen LogP contribution in [0.1, 0.15) is 38.7 Å². The molecule has 0 bridgehead atoms. The quantitative estimate of drug-likeness (QED) is 0.0599. The summed E-state index contributed by atoms with van der Waals surface area (Å²) in [6.07, 6.45) is -1.27. The topological polar surface area (TPSA) is 193 Å². The summed E-state index contributed by atoms with van der Waals surface area (Å²) in [5.41, 5.74) is 5.57. The summed E-state index contributed by atoms with van der Waals surface area (Å²) >= 11 is 1.33. The van der Waals surface area contributed by atoms with Crippen molar-refractivity contribution in [3.63, 3.8) is 0 Å². The van der Waals surface area contributed by atoms with Crippen molar-refractivity contribution in [2.24, 2.45) is 0 Å². The van der Waals surface area contributed by atoms with E-state index in [2.05, 4.69) is 20.0 Å². The number of imidazole rings is 1. The minimum absolute atomic E-state index is 0.0000721. The first-order chi connectivity index (χ1) is 23.4. The Morgan fingerprint density at radius 1 is 1.12 bits per heavy atom. The van der Waals surface area contributed by atoms with Gasteiger partial charge in [0, 0.05) is 5.39 Å². The van der Waals surface area contributed by atoms with Crippen LogP contribution >= 0.6 is 19.5 Å². The summed E-state index contributed by atoms with van der Waals surface area (Å²) in [5.74, 6) is -0.462. The van der Waals surface area contributed by atoms with Crippen LogP contribution in [0.4, 0.5) is 5.95 Å². The molecule has 5 aromatic rings. The number of aromatic nitrogens is 4. The van der Waals surface area contributed by atoms with Gasteiger partial charge >= 0.3 is 13.7 Å². The van der Waals surface area contributed by atoms with Gasteiger partial charge in [0.1, 0.15) is 46.2 Å². The largest absolute Gasteiger partial charge is 0.459 e. The number of nitrogens with two attached hydrogens (primary N) is 1. The van der Waals surface area contributed by atoms with E-state index in [0.717, 1.165) is 10.9 Å². The molecule has 0 amide bonds. The minimum Gasteiger partial charge on any atom is -0.457 e. The number of ether oxygens (including phenoxy) is 2. The third-order valence-electron chi connectivity index (χ3n) is 8.25. The number of rotatable bonds is 12. The number of nitrogens with one attached hydrogen (secondary N) is 1. The van der Waals surface area contributed by atoms with Gasteiger partial charge in [-0.3, -0.25) is 13.9 Å². The van der Waals surface area contributed by atoms with Crippen LogP contribution in [-0.4, -0.2) is 72.4 Å². The van der Waals surface area contributed by atoms with Crippen LogP contribution < -0.4 is 15.3 Å². The number of esters is 1. The number of carbonyl (C=O) groups is 1. The fourth-order valence-corrected chi connectivity index (χ4v) is 7.67. The van der Waals surface area contributed by atoms with Crippen LogP contribution in [0.2, 0.25) is 0 Å². The van der Waals surface area contributed by atoms with Crippen molar-refractivity contribution in [1.82, 2.24) is 24.6 Å². The molecule has 16 heteroatoms. The van der Waals surface area contributed by atoms with Gasteiger partial charge in [0.25, 0.3) is 0 Å². The Bertz CT molecular complexity index is 2010. The number of anilines is 1. The fourth-order valence-electron chi connectivity index (χ4n) is 5.62. The van der Waals surface area contributed by atoms with E-state index in [1.165, 1.54) is 36.5 Å². The predicted octanol–water partition coefficient (Wildman–Crippen LogP) is 4.78. The molecular weight excluding hydrogens is 671 g/mol. The lowest BCUT2D eigenvalue weighted by Crippen LogP contribution is -2.44. The summed E-state index contributed by atoms with van der Waals surface area (Å²) < 4.78 is 39.6. The van der Waals surface area contributed by atoms with E-state index in [9.17, 15) is 19.6 Å². The fraction of sp³-hybridized carbons (Fsp3) is 0.333. The number of hydrogen-bond donors (Lipinski definition) is 4. The lowest BCUT2D eigenvalue weighted by molar-refractivity contribution is -0.150. The maximum atomic E-state index is 14.5. The Morgan fingerprint density at radius 3 is 2.59 bits per heavy atom. The number of thioether (sulfide) groups is 1. The molecule has 1 aliphatic rings. The Labute approximate surface area is 286 Å². The van der Waals surface area contributed by atoms with Crippen molar-refractivity contribution in [3.05, 3.63) is 84.7 Å². The first-order valence-corrected chi connectivity index (χ1v) is 18.2. The zero-order valence-corrected chi connectivity index (χ0v) is 28.9. The standard InChI is InChI=1S/C33H37N6O8PS/c1-19(30(41)45-20(2)21-11-6-5-7-12-21)38-48(43,47-24-16-10-14-22-13-8-9-15-23(22)24)44-17-25-27(40)33(3,42)31(46-25)39-18-35-26-28(39)36-32(34)37-29(26)49-4/h5-16,18-20,25,27,31,40,42H,17H2,1-4H3,(H,38,43)(H2,34,36,37)/t19-,20-,25+,27+,31?,33+,48?/m0/s1. The van der Waals surface area contributed by atoms with Crippen LogP contribution in [0.15, 0.2) is 84.1 Å². The van der Waals surface area contributed by atoms with Gasteiger partial charge < -0.3 is 29.9 Å². The van der Waals surface area contributed by atoms with Crippen LogP contribution in [0, 0.1) is 0 Å². The molecule has 6 rings (SSSR count). The van der Waals surface area contributed by atoms with Crippen LogP contribution in [-0.2, 0) is 23.4 Å². The van der Waals surface area contributed by atoms with E-state index in [0.29, 0.717) is 21.6 Å². The monoisotopic (exact) mass is 708 g/mol. The van der Waals surface area contributed by atoms with Gasteiger partial charge in [0.05, 0.1) is 12.9 Å². The number of aliphatic hydroxyl groups excluding tert-OH is 1. The molecular formula is C33H37N6O8PS. The van der Waals surface area contributed by atoms with Crippen LogP contribution in [0.25, 0.3) is 21.9 Å². The second-order valence-electron chi connectivity index (χ2n) is 11.8. The average molecular weight is 709 g/mol. The molecule has 0 spiro atoms. The third kappa shape index (κ3) is 7.15. The highest BCUT2D eigenvalue weighted by Gasteiger charge is 2.54. The Kier molecular flexibility index (Phi) is 9.96. The van der Waals surface area contributed by atoms with Gasteiger partial charge in [-0.15, -0.1) is 11.8 Å². The smallest absolute Gasteiger partial charge is 0.457 e. The molecule has 0 aliphatic carbocycles. The van der Waals surface area contributed by atoms with Crippen LogP contribution in [0.5, 0.6) is 5.75 Å². The highest BCUT2D eigenvalue weighted by molar-refractivity contribution is 7.98. The molecule has 0 radical (unpaired) electrons. The minimum atomic E-state index is -4.41. The predicted molar refractivity (Wildman–Crippen MR) is 184 cm³/mol. The Balaban J connectivity index is 1.25. The molecule has 2 aromatic heterocycles. The number of aliphatic hydroxyl groups is 2. The lowest BCUT2D eigenvalue weighted by atomic mass is 9.96. The van der Waals surface area contributed by atoms with Gasteiger partial charge in [0.15, 0.2) is 11.9 Å². The molecule has 5 N–H and O–H groups in total. The summed E-state index contributed by atoms with van der Waals surface area (Å²) in [7, 11) is -4.41. The van der Waals surface area contributed by atoms with Gasteiger partial charge in [-0.05, 0) is 44.0 Å². The van der Waals surface area contributed by atoms with E-state index >= 15 is 0 Å². The number of nitrogen functional groups attached to an aromatic ring is 1. The van der Waals surface area contributed by atoms with Crippen molar-refractivity contribution in [3.8, 4) is 5.75 Å². The number of hydrogen-bond acceptors (Lipinski definition) is 13. The molecule has 14 nitrogen and oxygen atoms in total. The molecule has 1 fully saturated rings. The zero-order valence-electron chi connectivity index (χ0n) is 27.2. The normalized spacial score (nSPS) is 23.3. The van der Waals surface area contributed by atoms with Gasteiger partial charge in [-0.1, -0.05) is 66.7 Å². The maximum absolute atomic E-state index is 14.5. The van der Waals surface area contributed by atoms with Crippen molar-refractivity contribution in [2.75, 3.05) is 18.6 Å². The highest BCUT2D eigenvalue weighted by atomic mass is 32.2. The second kappa shape index (κ2) is 14.0. The highest BCUT2D eigenvalue weighted by Crippen LogP contribution is 2.48. The molecule has 1 saturated heterocycles. The first kappa shape index (κ1) is 34.8. The molecule has 3 heterocycles. The lowest BCUT2D eigenvalue weighted by Gasteiger charge is -2.27. The number of benzene rings is 3. The SMILES string of the molecule is CSc1nc(N)nc2c1ncn2C1O[C@H](COP(=O)(N[C@@H](C)C(=O)O[C@@H](C)c2ccccc2)Oc2cccc3ccccc23)[C@@H](O)[C@@]1(C)O. The summed E-state index contributed by atoms with van der Waals surface area (Å²) in [5, 5.41) is 27.4. The van der Waals surface area contributed by atoms with E-state index < -0.39 is 56.5 Å². The average Bonchev–Trinajstić information content (AvgIpc) is 3.60. The molecule has 3 aromatic carbocycles. The van der Waals surface area contributed by atoms with Crippen molar-refractivity contribution in [2.45, 2.75) is 62.0 Å². The number of carbonyl (C=O) groups excluding carboxylic acids is 1. The van der Waals surface area contributed by atoms with Gasteiger partial charge in [-0.2, -0.15) is 10.1 Å². The van der Waals surface area contributed by atoms with E-state index in [1.807, 2.05) is 60.9 Å². The maximum Gasteiger partial charge on any atom is 0.459 e.